The highest BCUT2D eigenvalue weighted by Gasteiger charge is 2.19. The monoisotopic (exact) mass is 730 g/mol. The van der Waals surface area contributed by atoms with Crippen LogP contribution in [0.25, 0.3) is 117 Å². The molecule has 0 spiro atoms. The summed E-state index contributed by atoms with van der Waals surface area (Å²) in [5.74, 6) is 1.79. The summed E-state index contributed by atoms with van der Waals surface area (Å²) in [6, 6.07) is 62.7. The molecule has 0 saturated heterocycles. The summed E-state index contributed by atoms with van der Waals surface area (Å²) in [4.78, 5) is 15.2. The van der Waals surface area contributed by atoms with Crippen molar-refractivity contribution in [3.63, 3.8) is 0 Å². The van der Waals surface area contributed by atoms with Gasteiger partial charge < -0.3 is 13.4 Å². The summed E-state index contributed by atoms with van der Waals surface area (Å²) < 4.78 is 15.2. The topological polar surface area (TPSA) is 69.9 Å². The Morgan fingerprint density at radius 1 is 0.333 bits per heavy atom. The van der Waals surface area contributed by atoms with E-state index in [-0.39, 0.29) is 0 Å². The first-order valence-corrected chi connectivity index (χ1v) is 19.0. The van der Waals surface area contributed by atoms with E-state index in [1.54, 1.807) is 0 Å². The van der Waals surface area contributed by atoms with Crippen LogP contribution in [0, 0.1) is 0 Å². The largest absolute Gasteiger partial charge is 0.456 e. The lowest BCUT2D eigenvalue weighted by molar-refractivity contribution is 0.669. The molecule has 12 rings (SSSR count). The minimum atomic E-state index is 0.582. The van der Waals surface area contributed by atoms with Crippen molar-refractivity contribution in [1.29, 1.82) is 0 Å². The van der Waals surface area contributed by atoms with Gasteiger partial charge in [-0.3, -0.25) is 0 Å². The Morgan fingerprint density at radius 2 is 0.912 bits per heavy atom. The van der Waals surface area contributed by atoms with E-state index in [2.05, 4.69) is 126 Å². The molecule has 4 heterocycles. The fourth-order valence-corrected chi connectivity index (χ4v) is 8.38. The van der Waals surface area contributed by atoms with Crippen LogP contribution in [0.15, 0.2) is 191 Å². The van der Waals surface area contributed by atoms with Gasteiger partial charge in [-0.25, -0.2) is 15.0 Å². The number of rotatable bonds is 5. The van der Waals surface area contributed by atoms with Gasteiger partial charge in [-0.2, -0.15) is 0 Å². The van der Waals surface area contributed by atoms with Crippen LogP contribution in [-0.4, -0.2) is 19.5 Å². The second-order valence-electron chi connectivity index (χ2n) is 14.4. The van der Waals surface area contributed by atoms with Gasteiger partial charge in [-0.15, -0.1) is 0 Å². The minimum absolute atomic E-state index is 0.582. The van der Waals surface area contributed by atoms with Crippen molar-refractivity contribution < 1.29 is 8.83 Å². The van der Waals surface area contributed by atoms with Gasteiger partial charge in [0.2, 0.25) is 0 Å². The van der Waals surface area contributed by atoms with E-state index in [4.69, 9.17) is 23.8 Å². The number of benzene rings is 8. The molecule has 0 unspecified atom stereocenters. The molecule has 0 bridgehead atoms. The Kier molecular flexibility index (Phi) is 6.83. The first kappa shape index (κ1) is 31.5. The van der Waals surface area contributed by atoms with Crippen molar-refractivity contribution in [1.82, 2.24) is 19.5 Å². The number of para-hydroxylation sites is 3. The maximum Gasteiger partial charge on any atom is 0.164 e. The van der Waals surface area contributed by atoms with Crippen LogP contribution in [0.1, 0.15) is 0 Å². The van der Waals surface area contributed by atoms with E-state index < -0.39 is 0 Å². The van der Waals surface area contributed by atoms with Crippen molar-refractivity contribution in [2.24, 2.45) is 0 Å². The smallest absolute Gasteiger partial charge is 0.164 e. The Morgan fingerprint density at radius 3 is 1.74 bits per heavy atom. The lowest BCUT2D eigenvalue weighted by Gasteiger charge is -2.10. The molecule has 0 atom stereocenters. The lowest BCUT2D eigenvalue weighted by Crippen LogP contribution is -2.00. The SMILES string of the molecule is c1ccc(-c2nc(-c3ccc4c(c3)oc3ccccc34)nc(-c3ccc4c(c3)c3ccccc3n4-c3ccc4c(c3)oc3c(-c5ccccc5)cccc34)n2)cc1. The van der Waals surface area contributed by atoms with E-state index >= 15 is 0 Å². The van der Waals surface area contributed by atoms with Crippen LogP contribution in [0.4, 0.5) is 0 Å². The molecule has 0 aliphatic rings. The molecule has 0 amide bonds. The number of nitrogens with zero attached hydrogens (tertiary/aromatic N) is 4. The summed E-state index contributed by atoms with van der Waals surface area (Å²) in [6.07, 6.45) is 0. The molecule has 57 heavy (non-hydrogen) atoms. The van der Waals surface area contributed by atoms with E-state index in [0.29, 0.717) is 17.5 Å². The average molecular weight is 731 g/mol. The molecule has 0 aliphatic heterocycles. The fourth-order valence-electron chi connectivity index (χ4n) is 8.38. The molecular weight excluding hydrogens is 701 g/mol. The van der Waals surface area contributed by atoms with Crippen LogP contribution in [0.5, 0.6) is 0 Å². The van der Waals surface area contributed by atoms with Gasteiger partial charge in [-0.1, -0.05) is 121 Å². The molecule has 0 saturated carbocycles. The van der Waals surface area contributed by atoms with Crippen LogP contribution < -0.4 is 0 Å². The summed E-state index contributed by atoms with van der Waals surface area (Å²) in [5.41, 5.74) is 11.5. The highest BCUT2D eigenvalue weighted by atomic mass is 16.3. The molecule has 12 aromatic rings. The molecule has 8 aromatic carbocycles. The Bertz CT molecular complexity index is 3530. The first-order chi connectivity index (χ1) is 28.2. The van der Waals surface area contributed by atoms with Crippen LogP contribution in [0.2, 0.25) is 0 Å². The predicted octanol–water partition coefficient (Wildman–Crippen LogP) is 13.4. The second-order valence-corrected chi connectivity index (χ2v) is 14.4. The molecule has 0 radical (unpaired) electrons. The molecule has 0 N–H and O–H groups in total. The molecular formula is C51H30N4O2. The number of aromatic nitrogens is 4. The molecule has 4 aromatic heterocycles. The zero-order valence-electron chi connectivity index (χ0n) is 30.4. The van der Waals surface area contributed by atoms with Gasteiger partial charge in [0, 0.05) is 66.3 Å². The normalized spacial score (nSPS) is 11.9. The molecule has 6 heteroatoms. The zero-order chi connectivity index (χ0) is 37.5. The Labute approximate surface area is 325 Å². The number of hydrogen-bond donors (Lipinski definition) is 0. The van der Waals surface area contributed by atoms with Crippen molar-refractivity contribution in [3.8, 4) is 51.0 Å². The highest BCUT2D eigenvalue weighted by molar-refractivity contribution is 6.12. The first-order valence-electron chi connectivity index (χ1n) is 19.0. The van der Waals surface area contributed by atoms with Gasteiger partial charge in [0.1, 0.15) is 22.3 Å². The zero-order valence-corrected chi connectivity index (χ0v) is 30.4. The minimum Gasteiger partial charge on any atom is -0.456 e. The van der Waals surface area contributed by atoms with E-state index in [9.17, 15) is 0 Å². The number of hydrogen-bond acceptors (Lipinski definition) is 5. The maximum atomic E-state index is 6.67. The highest BCUT2D eigenvalue weighted by Crippen LogP contribution is 2.40. The standard InChI is InChI=1S/C51H30N4O2/c1-3-12-31(13-4-1)36-18-11-19-41-40-26-24-35(30-47(40)57-48(36)41)55-43-20-9-7-16-37(43)42-28-33(23-27-44(42)55)50-52-49(32-14-5-2-6-15-32)53-51(54-50)34-22-25-39-38-17-8-10-21-45(38)56-46(39)29-34/h1-30H. The third-order valence-electron chi connectivity index (χ3n) is 11.1. The van der Waals surface area contributed by atoms with Crippen molar-refractivity contribution >= 4 is 65.7 Å². The third-order valence-corrected chi connectivity index (χ3v) is 11.1. The number of furan rings is 2. The van der Waals surface area contributed by atoms with E-state index in [0.717, 1.165) is 99.2 Å². The van der Waals surface area contributed by atoms with Gasteiger partial charge in [-0.05, 0) is 60.2 Å². The van der Waals surface area contributed by atoms with Crippen LogP contribution >= 0.6 is 0 Å². The van der Waals surface area contributed by atoms with Gasteiger partial charge in [0.25, 0.3) is 0 Å². The van der Waals surface area contributed by atoms with E-state index in [1.165, 1.54) is 0 Å². The molecule has 6 nitrogen and oxygen atoms in total. The van der Waals surface area contributed by atoms with E-state index in [1.807, 2.05) is 60.7 Å². The van der Waals surface area contributed by atoms with Crippen molar-refractivity contribution in [2.75, 3.05) is 0 Å². The second kappa shape index (κ2) is 12.3. The van der Waals surface area contributed by atoms with Crippen LogP contribution in [0.3, 0.4) is 0 Å². The van der Waals surface area contributed by atoms with Crippen molar-refractivity contribution in [3.05, 3.63) is 182 Å². The van der Waals surface area contributed by atoms with Crippen LogP contribution in [-0.2, 0) is 0 Å². The van der Waals surface area contributed by atoms with Gasteiger partial charge in [0.15, 0.2) is 17.5 Å². The molecule has 266 valence electrons. The molecule has 0 aliphatic carbocycles. The lowest BCUT2D eigenvalue weighted by atomic mass is 10.0. The van der Waals surface area contributed by atoms with Gasteiger partial charge >= 0.3 is 0 Å². The Balaban J connectivity index is 1.02. The summed E-state index contributed by atoms with van der Waals surface area (Å²) in [5, 5.41) is 6.58. The summed E-state index contributed by atoms with van der Waals surface area (Å²) >= 11 is 0. The van der Waals surface area contributed by atoms with Gasteiger partial charge in [0.05, 0.1) is 11.0 Å². The summed E-state index contributed by atoms with van der Waals surface area (Å²) in [7, 11) is 0. The third kappa shape index (κ3) is 5.01. The summed E-state index contributed by atoms with van der Waals surface area (Å²) in [6.45, 7) is 0. The van der Waals surface area contributed by atoms with Crippen molar-refractivity contribution in [2.45, 2.75) is 0 Å². The quantitative estimate of drug-likeness (QED) is 0.176. The fraction of sp³-hybridized carbons (Fsp3) is 0. The average Bonchev–Trinajstić information content (AvgIpc) is 3.95. The maximum absolute atomic E-state index is 6.67. The Hall–Kier alpha value is -7.83. The number of fused-ring (bicyclic) bond motifs is 9. The predicted molar refractivity (Wildman–Crippen MR) is 230 cm³/mol. The molecule has 0 fully saturated rings.